The Kier molecular flexibility index (Phi) is 18.8. The molecule has 246 valence electrons. The summed E-state index contributed by atoms with van der Waals surface area (Å²) in [6, 6.07) is 8.78. The largest absolute Gasteiger partial charge is 1.00 e. The van der Waals surface area contributed by atoms with E-state index in [4.69, 9.17) is 0 Å². The molecular formula is C27H30K3N2O12S4+. The van der Waals surface area contributed by atoms with E-state index in [9.17, 15) is 44.2 Å². The van der Waals surface area contributed by atoms with Crippen LogP contribution in [0.4, 0.5) is 11.4 Å². The van der Waals surface area contributed by atoms with E-state index in [0.717, 1.165) is 6.07 Å². The Bertz CT molecular complexity index is 1950. The summed E-state index contributed by atoms with van der Waals surface area (Å²) >= 11 is 0.664. The number of nitrogens with zero attached hydrogens (tertiary/aromatic N) is 2. The van der Waals surface area contributed by atoms with Gasteiger partial charge in [-0.25, -0.2) is 16.8 Å². The minimum Gasteiger partial charge on any atom is -0.748 e. The van der Waals surface area contributed by atoms with Crippen molar-refractivity contribution in [2.24, 2.45) is 0 Å². The number of rotatable bonds is 12. The first-order valence-corrected chi connectivity index (χ1v) is 18.6. The first kappa shape index (κ1) is 48.3. The molecule has 2 aliphatic heterocycles. The van der Waals surface area contributed by atoms with Crippen LogP contribution in [0.25, 0.3) is 0 Å². The molecule has 1 N–H and O–H groups in total. The maximum Gasteiger partial charge on any atom is 1.00 e. The molecule has 0 atom stereocenters. The Balaban J connectivity index is 0.00000384. The van der Waals surface area contributed by atoms with Crippen LogP contribution in [-0.2, 0) is 50.6 Å². The third-order valence-corrected chi connectivity index (χ3v) is 10.5. The Labute approximate surface area is 412 Å². The molecule has 0 spiro atoms. The maximum atomic E-state index is 12.0. The van der Waals surface area contributed by atoms with E-state index in [0.29, 0.717) is 50.8 Å². The molecule has 2 aliphatic rings. The minimum atomic E-state index is -4.78. The molecule has 0 bridgehead atoms. The average Bonchev–Trinajstić information content (AvgIpc) is 3.24. The summed E-state index contributed by atoms with van der Waals surface area (Å²) in [5.41, 5.74) is 1.52. The summed E-state index contributed by atoms with van der Waals surface area (Å²) in [5, 5.41) is 13.7. The molecule has 14 nitrogen and oxygen atoms in total. The Morgan fingerprint density at radius 2 is 1.58 bits per heavy atom. The summed E-state index contributed by atoms with van der Waals surface area (Å²) in [5.74, 6) is -1.39. The number of fused-ring (bicyclic) bond motifs is 2. The number of allylic oxidation sites excluding steroid dienone is 4. The van der Waals surface area contributed by atoms with Crippen LogP contribution < -0.4 is 164 Å². The van der Waals surface area contributed by atoms with E-state index in [2.05, 4.69) is 9.37 Å². The molecular weight excluding hydrogens is 790 g/mol. The SMILES string of the molecule is CC1(C)C(/C=C/C=C2/N(CCCS(=O)(=O)[O-])c3ccc(S(=O)(=O)[O-])cc3C2(C)C)=[N+](CS(=O)(=O)O)c2ccc(SOO[O-])cc21.[K+].[K+].[K+]. The number of benzene rings is 2. The Hall–Kier alpha value is 2.26. The van der Waals surface area contributed by atoms with Gasteiger partial charge in [0, 0.05) is 51.7 Å². The van der Waals surface area contributed by atoms with E-state index in [1.54, 1.807) is 55.2 Å². The first-order chi connectivity index (χ1) is 20.7. The second-order valence-corrected chi connectivity index (χ2v) is 16.6. The first-order valence-electron chi connectivity index (χ1n) is 13.2. The predicted octanol–water partition coefficient (Wildman–Crippen LogP) is -6.77. The van der Waals surface area contributed by atoms with Crippen molar-refractivity contribution in [2.45, 2.75) is 54.7 Å². The smallest absolute Gasteiger partial charge is 0.748 e. The zero-order valence-electron chi connectivity index (χ0n) is 27.5. The molecule has 21 heteroatoms. The summed E-state index contributed by atoms with van der Waals surface area (Å²) in [4.78, 5) is 1.81. The topological polar surface area (TPSA) is 217 Å². The van der Waals surface area contributed by atoms with Gasteiger partial charge in [-0.3, -0.25) is 9.59 Å². The fourth-order valence-electron chi connectivity index (χ4n) is 5.74. The minimum absolute atomic E-state index is 0. The van der Waals surface area contributed by atoms with Crippen molar-refractivity contribution in [3.63, 3.8) is 0 Å². The van der Waals surface area contributed by atoms with Crippen LogP contribution >= 0.6 is 12.0 Å². The van der Waals surface area contributed by atoms with E-state index < -0.39 is 57.7 Å². The summed E-state index contributed by atoms with van der Waals surface area (Å²) in [7, 11) is -13.8. The molecule has 2 aromatic carbocycles. The molecule has 0 unspecified atom stereocenters. The van der Waals surface area contributed by atoms with E-state index >= 15 is 0 Å². The van der Waals surface area contributed by atoms with Crippen molar-refractivity contribution in [2.75, 3.05) is 23.1 Å². The van der Waals surface area contributed by atoms with Crippen LogP contribution in [0, 0.1) is 0 Å². The predicted molar refractivity (Wildman–Crippen MR) is 160 cm³/mol. The van der Waals surface area contributed by atoms with Gasteiger partial charge in [0.05, 0.1) is 32.5 Å². The fourth-order valence-corrected chi connectivity index (χ4v) is 7.72. The molecule has 0 aromatic heterocycles. The van der Waals surface area contributed by atoms with Gasteiger partial charge in [0.1, 0.15) is 10.1 Å². The molecule has 2 heterocycles. The molecule has 0 saturated carbocycles. The van der Waals surface area contributed by atoms with Crippen molar-refractivity contribution in [1.29, 1.82) is 0 Å². The molecule has 48 heavy (non-hydrogen) atoms. The van der Waals surface area contributed by atoms with E-state index in [-0.39, 0.29) is 167 Å². The standard InChI is InChI=1S/C27H32N2O12S4.3K/c1-26(2)20-15-18(42-41-40-30)9-11-23(20)29(17-44(34,35)36)25(26)8-5-7-24-27(3,4)21-16-19(45(37,38)39)10-12-22(21)28(24)13-6-14-43(31,32)33;;;/h5,7-12,15-16H,6,13-14,17H2,1-4H3,(H3-,30,31,32,33,34,35,36,37,38,39);;;/q;3*+1/p-2. The van der Waals surface area contributed by atoms with Crippen LogP contribution in [0.15, 0.2) is 70.1 Å². The third-order valence-electron chi connectivity index (χ3n) is 7.75. The Morgan fingerprint density at radius 1 is 0.938 bits per heavy atom. The zero-order valence-corrected chi connectivity index (χ0v) is 40.1. The summed E-state index contributed by atoms with van der Waals surface area (Å²) < 4.78 is 109. The molecule has 2 aromatic rings. The van der Waals surface area contributed by atoms with Crippen LogP contribution in [0.5, 0.6) is 0 Å². The van der Waals surface area contributed by atoms with Gasteiger partial charge in [-0.15, -0.1) is 0 Å². The van der Waals surface area contributed by atoms with Gasteiger partial charge < -0.3 is 19.3 Å². The van der Waals surface area contributed by atoms with Crippen LogP contribution in [-0.4, -0.2) is 67.4 Å². The molecule has 0 fully saturated rings. The maximum absolute atomic E-state index is 12.0. The molecule has 0 amide bonds. The number of hydrogen-bond donors (Lipinski definition) is 1. The molecule has 0 radical (unpaired) electrons. The zero-order chi connectivity index (χ0) is 33.6. The van der Waals surface area contributed by atoms with E-state index in [1.165, 1.54) is 16.7 Å². The van der Waals surface area contributed by atoms with Gasteiger partial charge in [-0.05, 0) is 62.2 Å². The van der Waals surface area contributed by atoms with Gasteiger partial charge in [-0.2, -0.15) is 17.3 Å². The van der Waals surface area contributed by atoms with Crippen LogP contribution in [0.2, 0.25) is 0 Å². The van der Waals surface area contributed by atoms with Gasteiger partial charge in [-0.1, -0.05) is 19.9 Å². The van der Waals surface area contributed by atoms with Crippen molar-refractivity contribution in [3.05, 3.63) is 71.5 Å². The van der Waals surface area contributed by atoms with Crippen LogP contribution in [0.1, 0.15) is 45.2 Å². The van der Waals surface area contributed by atoms with Gasteiger partial charge in [0.2, 0.25) is 5.69 Å². The molecule has 0 saturated heterocycles. The quantitative estimate of drug-likeness (QED) is 0.0527. The monoisotopic (exact) mass is 819 g/mol. The van der Waals surface area contributed by atoms with Crippen molar-refractivity contribution in [3.8, 4) is 0 Å². The summed E-state index contributed by atoms with van der Waals surface area (Å²) in [6.45, 7) is 7.32. The van der Waals surface area contributed by atoms with Crippen molar-refractivity contribution in [1.82, 2.24) is 0 Å². The summed E-state index contributed by atoms with van der Waals surface area (Å²) in [6.07, 6.45) is 4.94. The van der Waals surface area contributed by atoms with Gasteiger partial charge in [0.25, 0.3) is 5.88 Å². The average molecular weight is 820 g/mol. The van der Waals surface area contributed by atoms with Crippen molar-refractivity contribution < 1.29 is 212 Å². The molecule has 0 aliphatic carbocycles. The second-order valence-electron chi connectivity index (χ2n) is 11.5. The van der Waals surface area contributed by atoms with Crippen LogP contribution in [0.3, 0.4) is 0 Å². The van der Waals surface area contributed by atoms with E-state index in [1.807, 2.05) is 13.8 Å². The number of anilines is 1. The second kappa shape index (κ2) is 18.7. The Morgan fingerprint density at radius 3 is 2.15 bits per heavy atom. The van der Waals surface area contributed by atoms with Crippen molar-refractivity contribution >= 4 is 59.5 Å². The fraction of sp³-hybridized carbons (Fsp3) is 0.370. The molecule has 4 rings (SSSR count). The van der Waals surface area contributed by atoms with Gasteiger partial charge in [0.15, 0.2) is 5.71 Å². The third kappa shape index (κ3) is 11.6. The van der Waals surface area contributed by atoms with Gasteiger partial charge >= 0.3 is 164 Å². The normalized spacial score (nSPS) is 17.5. The number of hydrogen-bond acceptors (Lipinski definition) is 13.